The predicted molar refractivity (Wildman–Crippen MR) is 73.1 cm³/mol. The number of carbonyl (C=O) groups is 2. The zero-order chi connectivity index (χ0) is 15.1. The summed E-state index contributed by atoms with van der Waals surface area (Å²) in [5.74, 6) is -1.83. The molecule has 2 aromatic rings. The van der Waals surface area contributed by atoms with Gasteiger partial charge in [-0.2, -0.15) is 0 Å². The van der Waals surface area contributed by atoms with Gasteiger partial charge < -0.3 is 10.0 Å². The van der Waals surface area contributed by atoms with E-state index in [1.807, 2.05) is 0 Å². The predicted octanol–water partition coefficient (Wildman–Crippen LogP) is 0.691. The van der Waals surface area contributed by atoms with Crippen molar-refractivity contribution < 1.29 is 14.7 Å². The first-order valence-corrected chi connectivity index (χ1v) is 6.61. The number of nitrogens with zero attached hydrogens (tertiary/aromatic N) is 3. The summed E-state index contributed by atoms with van der Waals surface area (Å²) in [5.41, 5.74) is -2.08. The largest absolute Gasteiger partial charge is 0.480 e. The van der Waals surface area contributed by atoms with Crippen LogP contribution in [-0.4, -0.2) is 43.9 Å². The molecular weight excluding hydrogens is 282 g/mol. The van der Waals surface area contributed by atoms with Crippen molar-refractivity contribution in [2.75, 3.05) is 7.05 Å². The Hall–Kier alpha value is -2.22. The number of carboxylic acid groups (broad SMARTS) is 1. The summed E-state index contributed by atoms with van der Waals surface area (Å²) in [7, 11) is 1.35. The van der Waals surface area contributed by atoms with Gasteiger partial charge in [0.1, 0.15) is 11.1 Å². The van der Waals surface area contributed by atoms with E-state index in [0.29, 0.717) is 4.96 Å². The van der Waals surface area contributed by atoms with Gasteiger partial charge in [-0.05, 0) is 13.8 Å². The zero-order valence-electron chi connectivity index (χ0n) is 11.2. The van der Waals surface area contributed by atoms with Crippen molar-refractivity contribution in [1.82, 2.24) is 14.3 Å². The molecule has 0 saturated carbocycles. The molecule has 0 radical (unpaired) electrons. The number of rotatable bonds is 3. The molecule has 1 N–H and O–H groups in total. The minimum absolute atomic E-state index is 0.155. The molecule has 106 valence electrons. The number of carboxylic acids is 1. The number of thiazole rings is 1. The van der Waals surface area contributed by atoms with Crippen molar-refractivity contribution in [2.45, 2.75) is 19.4 Å². The van der Waals surface area contributed by atoms with Crippen molar-refractivity contribution in [3.05, 3.63) is 33.7 Å². The van der Waals surface area contributed by atoms with Crippen LogP contribution < -0.4 is 5.56 Å². The van der Waals surface area contributed by atoms with Crippen LogP contribution in [0.1, 0.15) is 24.2 Å². The summed E-state index contributed by atoms with van der Waals surface area (Å²) in [6.45, 7) is 2.78. The first kappa shape index (κ1) is 14.2. The third-order valence-electron chi connectivity index (χ3n) is 3.24. The Kier molecular flexibility index (Phi) is 3.34. The molecule has 0 aliphatic rings. The molecule has 2 rings (SSSR count). The summed E-state index contributed by atoms with van der Waals surface area (Å²) in [5, 5.41) is 10.8. The molecule has 0 unspecified atom stereocenters. The van der Waals surface area contributed by atoms with Crippen LogP contribution in [0.3, 0.4) is 0 Å². The minimum Gasteiger partial charge on any atom is -0.480 e. The molecule has 0 aliphatic heterocycles. The second kappa shape index (κ2) is 4.71. The first-order valence-electron chi connectivity index (χ1n) is 5.73. The summed E-state index contributed by atoms with van der Waals surface area (Å²) in [6, 6.07) is 0. The fourth-order valence-corrected chi connectivity index (χ4v) is 2.22. The highest BCUT2D eigenvalue weighted by molar-refractivity contribution is 7.15. The van der Waals surface area contributed by atoms with Crippen LogP contribution in [-0.2, 0) is 4.79 Å². The van der Waals surface area contributed by atoms with Gasteiger partial charge in [-0.25, -0.2) is 9.78 Å². The molecule has 20 heavy (non-hydrogen) atoms. The summed E-state index contributed by atoms with van der Waals surface area (Å²) in [4.78, 5) is 41.1. The van der Waals surface area contributed by atoms with Crippen LogP contribution in [0, 0.1) is 0 Å². The maximum Gasteiger partial charge on any atom is 0.329 e. The summed E-state index contributed by atoms with van der Waals surface area (Å²) in [6.07, 6.45) is 2.71. The lowest BCUT2D eigenvalue weighted by molar-refractivity contribution is -0.147. The van der Waals surface area contributed by atoms with Gasteiger partial charge in [0.2, 0.25) is 0 Å². The molecule has 0 spiro atoms. The number of likely N-dealkylation sites (N-methyl/N-ethyl adjacent to an activating group) is 1. The van der Waals surface area contributed by atoms with Gasteiger partial charge in [0.05, 0.1) is 0 Å². The van der Waals surface area contributed by atoms with Crippen LogP contribution in [0.15, 0.2) is 22.6 Å². The Morgan fingerprint density at radius 2 is 2.10 bits per heavy atom. The Bertz CT molecular complexity index is 746. The Balaban J connectivity index is 2.49. The molecule has 0 aliphatic carbocycles. The molecule has 0 fully saturated rings. The lowest BCUT2D eigenvalue weighted by atomic mass is 10.0. The van der Waals surface area contributed by atoms with E-state index in [9.17, 15) is 14.4 Å². The molecule has 7 nitrogen and oxygen atoms in total. The highest BCUT2D eigenvalue weighted by Gasteiger charge is 2.36. The van der Waals surface area contributed by atoms with E-state index in [-0.39, 0.29) is 5.56 Å². The Labute approximate surface area is 118 Å². The van der Waals surface area contributed by atoms with E-state index in [1.54, 1.807) is 5.38 Å². The first-order chi connectivity index (χ1) is 9.26. The van der Waals surface area contributed by atoms with Crippen LogP contribution in [0.5, 0.6) is 0 Å². The molecule has 0 atom stereocenters. The van der Waals surface area contributed by atoms with E-state index < -0.39 is 23.0 Å². The van der Waals surface area contributed by atoms with Crippen molar-refractivity contribution in [3.8, 4) is 0 Å². The highest BCUT2D eigenvalue weighted by Crippen LogP contribution is 2.15. The van der Waals surface area contributed by atoms with Crippen LogP contribution in [0.2, 0.25) is 0 Å². The van der Waals surface area contributed by atoms with E-state index in [0.717, 1.165) is 4.90 Å². The molecule has 2 aromatic heterocycles. The van der Waals surface area contributed by atoms with E-state index >= 15 is 0 Å². The number of carbonyl (C=O) groups excluding carboxylic acids is 1. The second-order valence-corrected chi connectivity index (χ2v) is 5.63. The van der Waals surface area contributed by atoms with Crippen LogP contribution >= 0.6 is 11.3 Å². The van der Waals surface area contributed by atoms with Gasteiger partial charge in [-0.3, -0.25) is 14.0 Å². The van der Waals surface area contributed by atoms with Crippen LogP contribution in [0.25, 0.3) is 4.96 Å². The fourth-order valence-electron chi connectivity index (χ4n) is 1.55. The number of hydrogen-bond donors (Lipinski definition) is 1. The third kappa shape index (κ3) is 2.07. The number of aromatic nitrogens is 2. The number of hydrogen-bond acceptors (Lipinski definition) is 5. The highest BCUT2D eigenvalue weighted by atomic mass is 32.1. The molecule has 0 aromatic carbocycles. The lowest BCUT2D eigenvalue weighted by Crippen LogP contribution is -2.51. The van der Waals surface area contributed by atoms with Crippen molar-refractivity contribution in [3.63, 3.8) is 0 Å². The SMILES string of the molecule is CN(C(=O)c1cnc2sccn2c1=O)C(C)(C)C(=O)O. The maximum absolute atomic E-state index is 12.3. The van der Waals surface area contributed by atoms with Gasteiger partial charge in [0.25, 0.3) is 11.5 Å². The van der Waals surface area contributed by atoms with Gasteiger partial charge in [-0.1, -0.05) is 0 Å². The third-order valence-corrected chi connectivity index (χ3v) is 4.01. The molecule has 8 heteroatoms. The molecule has 1 amide bonds. The smallest absolute Gasteiger partial charge is 0.329 e. The van der Waals surface area contributed by atoms with Crippen LogP contribution in [0.4, 0.5) is 0 Å². The topological polar surface area (TPSA) is 92.0 Å². The average molecular weight is 295 g/mol. The van der Waals surface area contributed by atoms with E-state index in [1.165, 1.54) is 49.0 Å². The molecule has 0 saturated heterocycles. The quantitative estimate of drug-likeness (QED) is 0.899. The van der Waals surface area contributed by atoms with Gasteiger partial charge in [-0.15, -0.1) is 11.3 Å². The van der Waals surface area contributed by atoms with E-state index in [4.69, 9.17) is 5.11 Å². The zero-order valence-corrected chi connectivity index (χ0v) is 12.0. The van der Waals surface area contributed by atoms with Crippen molar-refractivity contribution in [2.24, 2.45) is 0 Å². The number of fused-ring (bicyclic) bond motifs is 1. The maximum atomic E-state index is 12.3. The standard InChI is InChI=1S/C12H13N3O4S/c1-12(2,10(18)19)14(3)8(16)7-6-13-11-15(9(7)17)4-5-20-11/h4-6H,1-3H3,(H,18,19). The average Bonchev–Trinajstić information content (AvgIpc) is 2.86. The Morgan fingerprint density at radius 1 is 1.45 bits per heavy atom. The van der Waals surface area contributed by atoms with Crippen molar-refractivity contribution in [1.29, 1.82) is 0 Å². The van der Waals surface area contributed by atoms with E-state index in [2.05, 4.69) is 4.98 Å². The monoisotopic (exact) mass is 295 g/mol. The summed E-state index contributed by atoms with van der Waals surface area (Å²) >= 11 is 1.27. The Morgan fingerprint density at radius 3 is 2.70 bits per heavy atom. The van der Waals surface area contributed by atoms with Gasteiger partial charge in [0, 0.05) is 24.8 Å². The fraction of sp³-hybridized carbons (Fsp3) is 0.333. The second-order valence-electron chi connectivity index (χ2n) is 4.76. The number of amides is 1. The molecule has 2 heterocycles. The molecular formula is C12H13N3O4S. The normalized spacial score (nSPS) is 11.6. The minimum atomic E-state index is -1.42. The number of aliphatic carboxylic acids is 1. The van der Waals surface area contributed by atoms with Gasteiger partial charge >= 0.3 is 5.97 Å². The van der Waals surface area contributed by atoms with Gasteiger partial charge in [0.15, 0.2) is 4.96 Å². The van der Waals surface area contributed by atoms with Crippen molar-refractivity contribution >= 4 is 28.2 Å². The summed E-state index contributed by atoms with van der Waals surface area (Å²) < 4.78 is 1.26. The molecule has 0 bridgehead atoms. The lowest BCUT2D eigenvalue weighted by Gasteiger charge is -2.31.